The van der Waals surface area contributed by atoms with Crippen molar-refractivity contribution in [3.8, 4) is 5.75 Å². The predicted octanol–water partition coefficient (Wildman–Crippen LogP) is 2.97. The molecule has 0 radical (unpaired) electrons. The van der Waals surface area contributed by atoms with Crippen LogP contribution in [0.5, 0.6) is 5.75 Å². The molecule has 0 spiro atoms. The normalized spacial score (nSPS) is 10.5. The Kier molecular flexibility index (Phi) is 6.03. The summed E-state index contributed by atoms with van der Waals surface area (Å²) in [5.41, 5.74) is 0.520. The van der Waals surface area contributed by atoms with E-state index in [1.807, 2.05) is 11.4 Å². The minimum atomic E-state index is -0.493. The zero-order chi connectivity index (χ0) is 18.4. The van der Waals surface area contributed by atoms with E-state index < -0.39 is 11.9 Å². The molecular formula is C17H15N3O4S2. The van der Waals surface area contributed by atoms with Gasteiger partial charge in [0.2, 0.25) is 0 Å². The molecule has 1 aromatic carbocycles. The van der Waals surface area contributed by atoms with Crippen LogP contribution in [0, 0.1) is 0 Å². The van der Waals surface area contributed by atoms with Crippen molar-refractivity contribution in [2.24, 2.45) is 0 Å². The van der Waals surface area contributed by atoms with E-state index in [4.69, 9.17) is 9.47 Å². The van der Waals surface area contributed by atoms with E-state index in [9.17, 15) is 9.59 Å². The molecule has 0 saturated heterocycles. The number of anilines is 1. The van der Waals surface area contributed by atoms with Crippen LogP contribution >= 0.6 is 23.1 Å². The van der Waals surface area contributed by atoms with Crippen LogP contribution in [0.3, 0.4) is 0 Å². The molecule has 0 aliphatic rings. The molecule has 1 N–H and O–H groups in total. The molecule has 0 unspecified atom stereocenters. The molecule has 3 rings (SSSR count). The average Bonchev–Trinajstić information content (AvgIpc) is 3.14. The smallest absolute Gasteiger partial charge is 0.316 e. The first-order valence-corrected chi connectivity index (χ1v) is 9.43. The highest BCUT2D eigenvalue weighted by molar-refractivity contribution is 8.00. The molecule has 3 aromatic rings. The van der Waals surface area contributed by atoms with Crippen LogP contribution in [0.25, 0.3) is 10.2 Å². The number of aromatic nitrogens is 2. The van der Waals surface area contributed by atoms with Crippen LogP contribution < -0.4 is 10.1 Å². The van der Waals surface area contributed by atoms with Crippen molar-refractivity contribution in [2.45, 2.75) is 5.03 Å². The number of amides is 1. The number of nitrogens with one attached hydrogen (secondary N) is 1. The van der Waals surface area contributed by atoms with Gasteiger partial charge in [0.1, 0.15) is 21.9 Å². The van der Waals surface area contributed by atoms with Crippen molar-refractivity contribution in [3.05, 3.63) is 42.0 Å². The molecular weight excluding hydrogens is 374 g/mol. The maximum absolute atomic E-state index is 11.9. The topological polar surface area (TPSA) is 90.4 Å². The van der Waals surface area contributed by atoms with Gasteiger partial charge in [-0.3, -0.25) is 9.59 Å². The van der Waals surface area contributed by atoms with Crippen LogP contribution in [0.15, 0.2) is 47.1 Å². The Morgan fingerprint density at radius 2 is 2.08 bits per heavy atom. The Balaban J connectivity index is 1.48. The van der Waals surface area contributed by atoms with Gasteiger partial charge >= 0.3 is 5.97 Å². The maximum atomic E-state index is 11.9. The van der Waals surface area contributed by atoms with Gasteiger partial charge in [-0.25, -0.2) is 9.97 Å². The summed E-state index contributed by atoms with van der Waals surface area (Å²) in [5, 5.41) is 6.19. The van der Waals surface area contributed by atoms with Gasteiger partial charge in [-0.2, -0.15) is 0 Å². The third-order valence-electron chi connectivity index (χ3n) is 3.30. The minimum Gasteiger partial charge on any atom is -0.495 e. The van der Waals surface area contributed by atoms with E-state index in [1.165, 1.54) is 36.5 Å². The van der Waals surface area contributed by atoms with Crippen molar-refractivity contribution in [3.63, 3.8) is 0 Å². The van der Waals surface area contributed by atoms with Crippen LogP contribution in [-0.4, -0.2) is 41.3 Å². The number of methoxy groups -OCH3 is 1. The Labute approximate surface area is 157 Å². The predicted molar refractivity (Wildman–Crippen MR) is 101 cm³/mol. The fraction of sp³-hybridized carbons (Fsp3) is 0.176. The highest BCUT2D eigenvalue weighted by Gasteiger charge is 2.12. The Hall–Kier alpha value is -2.65. The lowest BCUT2D eigenvalue weighted by Gasteiger charge is -2.10. The monoisotopic (exact) mass is 389 g/mol. The van der Waals surface area contributed by atoms with Crippen molar-refractivity contribution in [1.29, 1.82) is 0 Å². The highest BCUT2D eigenvalue weighted by atomic mass is 32.2. The SMILES string of the molecule is COc1ccccc1NC(=O)COC(=O)CSc1ncnc2sccc12. The summed E-state index contributed by atoms with van der Waals surface area (Å²) in [6, 6.07) is 8.91. The number of carbonyl (C=O) groups excluding carboxylic acids is 2. The molecule has 9 heteroatoms. The molecule has 2 heterocycles. The van der Waals surface area contributed by atoms with E-state index in [2.05, 4.69) is 15.3 Å². The van der Waals surface area contributed by atoms with Crippen molar-refractivity contribution >= 4 is 50.9 Å². The molecule has 0 atom stereocenters. The molecule has 26 heavy (non-hydrogen) atoms. The Morgan fingerprint density at radius 3 is 2.92 bits per heavy atom. The maximum Gasteiger partial charge on any atom is 0.316 e. The highest BCUT2D eigenvalue weighted by Crippen LogP contribution is 2.27. The van der Waals surface area contributed by atoms with Gasteiger partial charge in [-0.05, 0) is 23.6 Å². The molecule has 0 aliphatic carbocycles. The van der Waals surface area contributed by atoms with Gasteiger partial charge in [-0.1, -0.05) is 23.9 Å². The number of thioether (sulfide) groups is 1. The standard InChI is InChI=1S/C17H15N3O4S2/c1-23-13-5-3-2-4-12(13)20-14(21)8-24-15(22)9-26-17-11-6-7-25-16(11)18-10-19-17/h2-7,10H,8-9H2,1H3,(H,20,21). The lowest BCUT2D eigenvalue weighted by molar-refractivity contribution is -0.144. The molecule has 0 bridgehead atoms. The van der Waals surface area contributed by atoms with Crippen molar-refractivity contribution in [2.75, 3.05) is 24.8 Å². The number of esters is 1. The lowest BCUT2D eigenvalue weighted by Crippen LogP contribution is -2.21. The second-order valence-corrected chi connectivity index (χ2v) is 6.87. The molecule has 134 valence electrons. The third kappa shape index (κ3) is 4.50. The van der Waals surface area contributed by atoms with Gasteiger partial charge in [-0.15, -0.1) is 11.3 Å². The molecule has 0 saturated carbocycles. The number of hydrogen-bond donors (Lipinski definition) is 1. The first kappa shape index (κ1) is 18.2. The lowest BCUT2D eigenvalue weighted by atomic mass is 10.3. The van der Waals surface area contributed by atoms with Crippen LogP contribution in [0.2, 0.25) is 0 Å². The number of para-hydroxylation sites is 2. The second-order valence-electron chi connectivity index (χ2n) is 5.02. The quantitative estimate of drug-likeness (QED) is 0.377. The number of nitrogens with zero attached hydrogens (tertiary/aromatic N) is 2. The summed E-state index contributed by atoms with van der Waals surface area (Å²) in [6.07, 6.45) is 1.47. The number of thiophene rings is 1. The fourth-order valence-corrected chi connectivity index (χ4v) is 3.71. The summed E-state index contributed by atoms with van der Waals surface area (Å²) in [6.45, 7) is -0.366. The van der Waals surface area contributed by atoms with Crippen molar-refractivity contribution in [1.82, 2.24) is 9.97 Å². The molecule has 1 amide bonds. The van der Waals surface area contributed by atoms with Gasteiger partial charge in [0, 0.05) is 5.39 Å². The second kappa shape index (κ2) is 8.63. The number of fused-ring (bicyclic) bond motifs is 1. The van der Waals surface area contributed by atoms with E-state index >= 15 is 0 Å². The summed E-state index contributed by atoms with van der Waals surface area (Å²) in [7, 11) is 1.51. The Morgan fingerprint density at radius 1 is 1.23 bits per heavy atom. The van der Waals surface area contributed by atoms with Crippen LogP contribution in [0.1, 0.15) is 0 Å². The largest absolute Gasteiger partial charge is 0.495 e. The summed E-state index contributed by atoms with van der Waals surface area (Å²) in [5.74, 6) is -0.335. The summed E-state index contributed by atoms with van der Waals surface area (Å²) in [4.78, 5) is 33.0. The number of ether oxygens (including phenoxy) is 2. The van der Waals surface area contributed by atoms with Gasteiger partial charge < -0.3 is 14.8 Å². The summed E-state index contributed by atoms with van der Waals surface area (Å²) >= 11 is 2.76. The number of carbonyl (C=O) groups is 2. The van der Waals surface area contributed by atoms with Crippen LogP contribution in [0.4, 0.5) is 5.69 Å². The van der Waals surface area contributed by atoms with E-state index in [-0.39, 0.29) is 12.4 Å². The van der Waals surface area contributed by atoms with E-state index in [0.29, 0.717) is 16.5 Å². The number of benzene rings is 1. The fourth-order valence-electron chi connectivity index (χ4n) is 2.13. The number of hydrogen-bond acceptors (Lipinski definition) is 8. The molecule has 2 aromatic heterocycles. The van der Waals surface area contributed by atoms with Gasteiger partial charge in [0.05, 0.1) is 18.6 Å². The first-order chi connectivity index (χ1) is 12.7. The number of rotatable bonds is 7. The van der Waals surface area contributed by atoms with Crippen LogP contribution in [-0.2, 0) is 14.3 Å². The van der Waals surface area contributed by atoms with Gasteiger partial charge in [0.25, 0.3) is 5.91 Å². The van der Waals surface area contributed by atoms with Gasteiger partial charge in [0.15, 0.2) is 6.61 Å². The zero-order valence-electron chi connectivity index (χ0n) is 13.8. The minimum absolute atomic E-state index is 0.0594. The first-order valence-electron chi connectivity index (χ1n) is 7.57. The van der Waals surface area contributed by atoms with E-state index in [1.54, 1.807) is 24.3 Å². The average molecular weight is 389 g/mol. The summed E-state index contributed by atoms with van der Waals surface area (Å²) < 4.78 is 10.2. The molecule has 0 aliphatic heterocycles. The third-order valence-corrected chi connectivity index (χ3v) is 5.10. The molecule has 0 fully saturated rings. The molecule has 7 nitrogen and oxygen atoms in total. The Bertz CT molecular complexity index is 929. The zero-order valence-corrected chi connectivity index (χ0v) is 15.4. The van der Waals surface area contributed by atoms with Crippen molar-refractivity contribution < 1.29 is 19.1 Å². The van der Waals surface area contributed by atoms with E-state index in [0.717, 1.165) is 10.2 Å².